The van der Waals surface area contributed by atoms with Gasteiger partial charge in [0.1, 0.15) is 5.54 Å². The van der Waals surface area contributed by atoms with Crippen LogP contribution in [0.5, 0.6) is 0 Å². The lowest BCUT2D eigenvalue weighted by Crippen LogP contribution is -2.54. The Labute approximate surface area is 192 Å². The molecule has 0 aliphatic heterocycles. The molecule has 1 aliphatic rings. The monoisotopic (exact) mass is 482 g/mol. The number of thiocarbonyl (C=S) groups is 1. The van der Waals surface area contributed by atoms with Gasteiger partial charge in [-0.3, -0.25) is 9.69 Å². The van der Waals surface area contributed by atoms with Crippen molar-refractivity contribution in [1.29, 1.82) is 0 Å². The Morgan fingerprint density at radius 1 is 1.22 bits per heavy atom. The molecule has 1 aromatic heterocycles. The van der Waals surface area contributed by atoms with E-state index in [0.717, 1.165) is 11.5 Å². The number of hydrogen-bond donors (Lipinski definition) is 3. The van der Waals surface area contributed by atoms with Crippen molar-refractivity contribution < 1.29 is 18.0 Å². The Kier molecular flexibility index (Phi) is 7.26. The van der Waals surface area contributed by atoms with Crippen LogP contribution in [0, 0.1) is 0 Å². The van der Waals surface area contributed by atoms with E-state index in [1.54, 1.807) is 35.7 Å². The predicted molar refractivity (Wildman–Crippen MR) is 123 cm³/mol. The average molecular weight is 483 g/mol. The summed E-state index contributed by atoms with van der Waals surface area (Å²) in [5, 5.41) is 14.3. The summed E-state index contributed by atoms with van der Waals surface area (Å²) in [6, 6.07) is 6.87. The molecule has 0 spiro atoms. The van der Waals surface area contributed by atoms with Gasteiger partial charge in [-0.15, -0.1) is 5.10 Å². The van der Waals surface area contributed by atoms with Gasteiger partial charge >= 0.3 is 6.18 Å². The van der Waals surface area contributed by atoms with Gasteiger partial charge in [-0.25, -0.2) is 0 Å². The summed E-state index contributed by atoms with van der Waals surface area (Å²) in [4.78, 5) is 13.2. The molecule has 7 nitrogen and oxygen atoms in total. The first-order valence-electron chi connectivity index (χ1n) is 9.46. The van der Waals surface area contributed by atoms with Gasteiger partial charge in [-0.05, 0) is 74.1 Å². The molecular weight excluding hydrogens is 461 g/mol. The van der Waals surface area contributed by atoms with Crippen LogP contribution in [-0.4, -0.2) is 57.9 Å². The second-order valence-electron chi connectivity index (χ2n) is 7.26. The zero-order valence-corrected chi connectivity index (χ0v) is 18.9. The number of aromatic nitrogens is 2. The second kappa shape index (κ2) is 9.76. The minimum atomic E-state index is -4.37. The molecule has 1 heterocycles. The fraction of sp³-hybridized carbons (Fsp3) is 0.300. The SMILES string of the molecule is CN(C)C1(C(F)(F)F)C=CC(CNC(=S)Nc2ccc(NC(=O)c3csnn3)cc2)=CC1. The maximum absolute atomic E-state index is 13.5. The third-order valence-corrected chi connectivity index (χ3v) is 5.73. The Balaban J connectivity index is 1.49. The number of hydrogen-bond acceptors (Lipinski definition) is 6. The van der Waals surface area contributed by atoms with Gasteiger partial charge in [-0.1, -0.05) is 22.7 Å². The molecule has 0 saturated heterocycles. The number of likely N-dealkylation sites (N-methyl/N-ethyl adjacent to an activating group) is 1. The van der Waals surface area contributed by atoms with Crippen LogP contribution in [0.4, 0.5) is 24.5 Å². The molecule has 1 aromatic carbocycles. The summed E-state index contributed by atoms with van der Waals surface area (Å²) >= 11 is 6.35. The van der Waals surface area contributed by atoms with Crippen molar-refractivity contribution >= 4 is 46.1 Å². The number of anilines is 2. The van der Waals surface area contributed by atoms with Gasteiger partial charge < -0.3 is 16.0 Å². The summed E-state index contributed by atoms with van der Waals surface area (Å²) in [6.45, 7) is 0.291. The maximum Gasteiger partial charge on any atom is 0.410 e. The van der Waals surface area contributed by atoms with Crippen LogP contribution in [0.2, 0.25) is 0 Å². The topological polar surface area (TPSA) is 82.2 Å². The lowest BCUT2D eigenvalue weighted by atomic mass is 9.86. The first-order valence-corrected chi connectivity index (χ1v) is 10.7. The number of carbonyl (C=O) groups is 1. The van der Waals surface area contributed by atoms with E-state index in [4.69, 9.17) is 12.2 Å². The van der Waals surface area contributed by atoms with Crippen molar-refractivity contribution in [3.05, 3.63) is 59.1 Å². The van der Waals surface area contributed by atoms with E-state index in [0.29, 0.717) is 28.6 Å². The van der Waals surface area contributed by atoms with Crippen LogP contribution in [0.25, 0.3) is 0 Å². The Hall–Kier alpha value is -2.83. The number of amides is 1. The number of alkyl halides is 3. The number of halogens is 3. The lowest BCUT2D eigenvalue weighted by molar-refractivity contribution is -0.206. The number of benzene rings is 1. The first-order chi connectivity index (χ1) is 15.1. The molecular formula is C20H21F3N6OS2. The molecule has 2 aromatic rings. The standard InChI is InChI=1S/C20H21F3N6OS2/c1-29(2)19(20(21,22)23)9-7-13(8-10-19)11-24-18(31)26-15-5-3-14(4-6-15)25-17(30)16-12-32-28-27-16/h3-9,12H,10-11H2,1-2H3,(H,25,30)(H2,24,26,31). The molecule has 1 atom stereocenters. The number of nitrogens with one attached hydrogen (secondary N) is 3. The van der Waals surface area contributed by atoms with E-state index in [1.165, 1.54) is 31.1 Å². The highest BCUT2D eigenvalue weighted by molar-refractivity contribution is 7.80. The van der Waals surface area contributed by atoms with Crippen molar-refractivity contribution in [2.45, 2.75) is 18.1 Å². The molecule has 12 heteroatoms. The molecule has 3 N–H and O–H groups in total. The molecule has 1 amide bonds. The summed E-state index contributed by atoms with van der Waals surface area (Å²) in [6.07, 6.45) is -0.307. The first kappa shape index (κ1) is 23.8. The van der Waals surface area contributed by atoms with Crippen molar-refractivity contribution in [2.75, 3.05) is 31.3 Å². The van der Waals surface area contributed by atoms with Crippen LogP contribution in [-0.2, 0) is 0 Å². The molecule has 1 unspecified atom stereocenters. The molecule has 0 bridgehead atoms. The normalized spacial score (nSPS) is 18.2. The predicted octanol–water partition coefficient (Wildman–Crippen LogP) is 3.83. The van der Waals surface area contributed by atoms with Crippen LogP contribution in [0.1, 0.15) is 16.9 Å². The van der Waals surface area contributed by atoms with Crippen LogP contribution in [0.3, 0.4) is 0 Å². The Bertz CT molecular complexity index is 1020. The van der Waals surface area contributed by atoms with Crippen molar-refractivity contribution in [3.8, 4) is 0 Å². The van der Waals surface area contributed by atoms with Gasteiger partial charge in [-0.2, -0.15) is 13.2 Å². The van der Waals surface area contributed by atoms with E-state index >= 15 is 0 Å². The summed E-state index contributed by atoms with van der Waals surface area (Å²) in [5.74, 6) is -0.353. The third kappa shape index (κ3) is 5.50. The lowest BCUT2D eigenvalue weighted by Gasteiger charge is -2.40. The number of rotatable bonds is 6. The van der Waals surface area contributed by atoms with E-state index in [1.807, 2.05) is 0 Å². The zero-order chi connectivity index (χ0) is 23.4. The van der Waals surface area contributed by atoms with Gasteiger partial charge in [0.15, 0.2) is 10.8 Å². The summed E-state index contributed by atoms with van der Waals surface area (Å²) in [7, 11) is 2.84. The number of carbonyl (C=O) groups excluding carboxylic acids is 1. The molecule has 170 valence electrons. The number of nitrogens with zero attached hydrogens (tertiary/aromatic N) is 3. The largest absolute Gasteiger partial charge is 0.410 e. The minimum Gasteiger partial charge on any atom is -0.358 e. The Morgan fingerprint density at radius 3 is 2.38 bits per heavy atom. The van der Waals surface area contributed by atoms with Crippen molar-refractivity contribution in [1.82, 2.24) is 19.8 Å². The van der Waals surface area contributed by atoms with Gasteiger partial charge in [0.2, 0.25) is 0 Å². The van der Waals surface area contributed by atoms with E-state index < -0.39 is 11.7 Å². The molecule has 0 saturated carbocycles. The third-order valence-electron chi connectivity index (χ3n) is 4.98. The quantitative estimate of drug-likeness (QED) is 0.540. The molecule has 3 rings (SSSR count). The van der Waals surface area contributed by atoms with Gasteiger partial charge in [0.05, 0.1) is 0 Å². The highest BCUT2D eigenvalue weighted by Gasteiger charge is 2.54. The Morgan fingerprint density at radius 2 is 1.88 bits per heavy atom. The van der Waals surface area contributed by atoms with E-state index in [2.05, 4.69) is 25.5 Å². The fourth-order valence-corrected chi connectivity index (χ4v) is 3.67. The fourth-order valence-electron chi connectivity index (χ4n) is 3.05. The molecule has 32 heavy (non-hydrogen) atoms. The molecule has 0 radical (unpaired) electrons. The van der Waals surface area contributed by atoms with Crippen LogP contribution >= 0.6 is 23.8 Å². The zero-order valence-electron chi connectivity index (χ0n) is 17.2. The molecule has 1 aliphatic carbocycles. The highest BCUT2D eigenvalue weighted by Crippen LogP contribution is 2.40. The molecule has 0 fully saturated rings. The summed E-state index contributed by atoms with van der Waals surface area (Å²) < 4.78 is 44.2. The van der Waals surface area contributed by atoms with E-state index in [9.17, 15) is 18.0 Å². The van der Waals surface area contributed by atoms with Crippen LogP contribution in [0.15, 0.2) is 53.4 Å². The van der Waals surface area contributed by atoms with E-state index in [-0.39, 0.29) is 18.0 Å². The minimum absolute atomic E-state index is 0.165. The van der Waals surface area contributed by atoms with Gasteiger partial charge in [0.25, 0.3) is 5.91 Å². The van der Waals surface area contributed by atoms with Gasteiger partial charge in [0, 0.05) is 23.3 Å². The second-order valence-corrected chi connectivity index (χ2v) is 8.28. The van der Waals surface area contributed by atoms with Crippen molar-refractivity contribution in [3.63, 3.8) is 0 Å². The smallest absolute Gasteiger partial charge is 0.358 e. The maximum atomic E-state index is 13.5. The average Bonchev–Trinajstić information content (AvgIpc) is 3.28. The highest BCUT2D eigenvalue weighted by atomic mass is 32.1. The van der Waals surface area contributed by atoms with Crippen LogP contribution < -0.4 is 16.0 Å². The summed E-state index contributed by atoms with van der Waals surface area (Å²) in [5.41, 5.74) is 0.228. The van der Waals surface area contributed by atoms with Crippen molar-refractivity contribution in [2.24, 2.45) is 0 Å².